The van der Waals surface area contributed by atoms with E-state index >= 15 is 0 Å². The lowest BCUT2D eigenvalue weighted by Crippen LogP contribution is -2.57. The molecule has 1 unspecified atom stereocenters. The lowest BCUT2D eigenvalue weighted by atomic mass is 9.84. The number of carbonyl (C=O) groups excluding carboxylic acids is 1. The first-order valence-corrected chi connectivity index (χ1v) is 10.5. The molecule has 1 aromatic heterocycles. The summed E-state index contributed by atoms with van der Waals surface area (Å²) in [6.45, 7) is 7.21. The number of fused-ring (bicyclic) bond motifs is 4. The molecule has 2 aromatic rings. The second kappa shape index (κ2) is 7.37. The SMILES string of the molecule is CN1CCCN(c2nc3c(C(=O)NC4CN5CCC4CC5)cccc3o2)CC1. The molecule has 150 valence electrons. The molecule has 2 bridgehead atoms. The van der Waals surface area contributed by atoms with E-state index in [1.165, 1.54) is 25.9 Å². The van der Waals surface area contributed by atoms with E-state index in [2.05, 4.69) is 27.1 Å². The number of nitrogens with zero attached hydrogens (tertiary/aromatic N) is 4. The van der Waals surface area contributed by atoms with Crippen LogP contribution in [0.2, 0.25) is 0 Å². The molecule has 0 spiro atoms. The Kier molecular flexibility index (Phi) is 4.72. The summed E-state index contributed by atoms with van der Waals surface area (Å²) in [6.07, 6.45) is 3.46. The largest absolute Gasteiger partial charge is 0.423 e. The summed E-state index contributed by atoms with van der Waals surface area (Å²) < 4.78 is 6.04. The molecular formula is C21H29N5O2. The number of aromatic nitrogens is 1. The standard InChI is InChI=1S/C21H29N5O2/c1-24-8-3-9-26(13-12-24)21-23-19-16(4-2-5-18(19)28-21)20(27)22-17-14-25-10-6-15(17)7-11-25/h2,4-5,15,17H,3,6-14H2,1H3,(H,22,27). The van der Waals surface area contributed by atoms with Gasteiger partial charge in [0.15, 0.2) is 5.58 Å². The van der Waals surface area contributed by atoms with Gasteiger partial charge in [-0.25, -0.2) is 0 Å². The number of hydrogen-bond donors (Lipinski definition) is 1. The van der Waals surface area contributed by atoms with Crippen LogP contribution in [0.15, 0.2) is 22.6 Å². The number of rotatable bonds is 3. The highest BCUT2D eigenvalue weighted by Gasteiger charge is 2.35. The Morgan fingerprint density at radius 1 is 1.14 bits per heavy atom. The number of amides is 1. The minimum absolute atomic E-state index is 0.0280. The van der Waals surface area contributed by atoms with Crippen molar-refractivity contribution in [3.05, 3.63) is 23.8 Å². The zero-order valence-corrected chi connectivity index (χ0v) is 16.6. The quantitative estimate of drug-likeness (QED) is 0.872. The highest BCUT2D eigenvalue weighted by molar-refractivity contribution is 6.04. The number of benzene rings is 1. The van der Waals surface area contributed by atoms with Gasteiger partial charge in [0.2, 0.25) is 0 Å². The van der Waals surface area contributed by atoms with Crippen LogP contribution in [0.3, 0.4) is 0 Å². The molecule has 1 atom stereocenters. The van der Waals surface area contributed by atoms with Crippen molar-refractivity contribution in [1.29, 1.82) is 0 Å². The van der Waals surface area contributed by atoms with E-state index in [-0.39, 0.29) is 11.9 Å². The Bertz CT molecular complexity index is 858. The van der Waals surface area contributed by atoms with Crippen molar-refractivity contribution in [2.75, 3.05) is 57.8 Å². The molecule has 4 aliphatic rings. The maximum atomic E-state index is 13.1. The van der Waals surface area contributed by atoms with Gasteiger partial charge in [-0.15, -0.1) is 0 Å². The fourth-order valence-corrected chi connectivity index (χ4v) is 4.87. The highest BCUT2D eigenvalue weighted by atomic mass is 16.4. The first kappa shape index (κ1) is 17.9. The second-order valence-corrected chi connectivity index (χ2v) is 8.51. The van der Waals surface area contributed by atoms with Gasteiger partial charge in [0.05, 0.1) is 5.56 Å². The average Bonchev–Trinajstić information content (AvgIpc) is 3.03. The van der Waals surface area contributed by atoms with Crippen LogP contribution in [0.5, 0.6) is 0 Å². The number of piperidine rings is 3. The molecule has 6 rings (SSSR count). The van der Waals surface area contributed by atoms with E-state index in [0.29, 0.717) is 28.6 Å². The molecule has 0 aliphatic carbocycles. The molecule has 28 heavy (non-hydrogen) atoms. The topological polar surface area (TPSA) is 64.8 Å². The molecule has 4 aliphatic heterocycles. The van der Waals surface area contributed by atoms with Crippen molar-refractivity contribution in [3.8, 4) is 0 Å². The lowest BCUT2D eigenvalue weighted by Gasteiger charge is -2.44. The first-order valence-electron chi connectivity index (χ1n) is 10.5. The van der Waals surface area contributed by atoms with E-state index in [9.17, 15) is 4.79 Å². The van der Waals surface area contributed by atoms with Gasteiger partial charge in [0.1, 0.15) is 5.52 Å². The molecule has 0 saturated carbocycles. The summed E-state index contributed by atoms with van der Waals surface area (Å²) in [6, 6.07) is 6.53. The van der Waals surface area contributed by atoms with E-state index in [0.717, 1.165) is 39.1 Å². The molecule has 4 saturated heterocycles. The summed E-state index contributed by atoms with van der Waals surface area (Å²) in [5.41, 5.74) is 1.99. The van der Waals surface area contributed by atoms with Crippen LogP contribution in [0.4, 0.5) is 6.01 Å². The van der Waals surface area contributed by atoms with Crippen molar-refractivity contribution >= 4 is 23.0 Å². The Labute approximate surface area is 165 Å². The molecule has 7 nitrogen and oxygen atoms in total. The van der Waals surface area contributed by atoms with Gasteiger partial charge in [-0.2, -0.15) is 4.98 Å². The zero-order chi connectivity index (χ0) is 19.1. The molecule has 5 heterocycles. The molecule has 1 N–H and O–H groups in total. The highest BCUT2D eigenvalue weighted by Crippen LogP contribution is 2.29. The van der Waals surface area contributed by atoms with E-state index in [4.69, 9.17) is 9.40 Å². The van der Waals surface area contributed by atoms with Gasteiger partial charge in [-0.05, 0) is 64.0 Å². The molecule has 4 fully saturated rings. The van der Waals surface area contributed by atoms with E-state index < -0.39 is 0 Å². The van der Waals surface area contributed by atoms with Crippen LogP contribution >= 0.6 is 0 Å². The summed E-state index contributed by atoms with van der Waals surface area (Å²) in [5, 5.41) is 3.28. The molecule has 1 aromatic carbocycles. The predicted molar refractivity (Wildman–Crippen MR) is 109 cm³/mol. The van der Waals surface area contributed by atoms with Gasteiger partial charge in [-0.3, -0.25) is 4.79 Å². The van der Waals surface area contributed by atoms with Crippen molar-refractivity contribution in [2.45, 2.75) is 25.3 Å². The zero-order valence-electron chi connectivity index (χ0n) is 16.6. The molecule has 1 amide bonds. The van der Waals surface area contributed by atoms with Crippen molar-refractivity contribution < 1.29 is 9.21 Å². The second-order valence-electron chi connectivity index (χ2n) is 8.51. The summed E-state index contributed by atoms with van der Waals surface area (Å²) in [5.74, 6) is 0.579. The molecule has 0 radical (unpaired) electrons. The number of carbonyl (C=O) groups is 1. The van der Waals surface area contributed by atoms with Gasteiger partial charge < -0.3 is 24.4 Å². The minimum atomic E-state index is -0.0280. The van der Waals surface area contributed by atoms with E-state index in [1.807, 2.05) is 18.2 Å². The number of anilines is 1. The summed E-state index contributed by atoms with van der Waals surface area (Å²) >= 11 is 0. The average molecular weight is 383 g/mol. The fraction of sp³-hybridized carbons (Fsp3) is 0.619. The summed E-state index contributed by atoms with van der Waals surface area (Å²) in [4.78, 5) is 24.8. The number of hydrogen-bond acceptors (Lipinski definition) is 6. The third-order valence-electron chi connectivity index (χ3n) is 6.62. The van der Waals surface area contributed by atoms with Crippen molar-refractivity contribution in [3.63, 3.8) is 0 Å². The normalized spacial score (nSPS) is 28.5. The monoisotopic (exact) mass is 383 g/mol. The Morgan fingerprint density at radius 3 is 2.79 bits per heavy atom. The molecular weight excluding hydrogens is 354 g/mol. The predicted octanol–water partition coefficient (Wildman–Crippen LogP) is 1.79. The Balaban J connectivity index is 1.37. The summed E-state index contributed by atoms with van der Waals surface area (Å²) in [7, 11) is 2.15. The van der Waals surface area contributed by atoms with Crippen LogP contribution in [0.25, 0.3) is 11.1 Å². The van der Waals surface area contributed by atoms with Gasteiger partial charge in [0.25, 0.3) is 11.9 Å². The van der Waals surface area contributed by atoms with Crippen molar-refractivity contribution in [1.82, 2.24) is 20.1 Å². The van der Waals surface area contributed by atoms with Crippen LogP contribution in [0, 0.1) is 5.92 Å². The number of oxazole rings is 1. The lowest BCUT2D eigenvalue weighted by molar-refractivity contribution is 0.0621. The van der Waals surface area contributed by atoms with Gasteiger partial charge >= 0.3 is 0 Å². The Hall–Kier alpha value is -2.12. The number of para-hydroxylation sites is 1. The van der Waals surface area contributed by atoms with Gasteiger partial charge in [-0.1, -0.05) is 6.07 Å². The third kappa shape index (κ3) is 3.37. The van der Waals surface area contributed by atoms with Crippen LogP contribution in [-0.4, -0.2) is 79.6 Å². The maximum Gasteiger partial charge on any atom is 0.298 e. The smallest absolute Gasteiger partial charge is 0.298 e. The number of likely N-dealkylation sites (N-methyl/N-ethyl adjacent to an activating group) is 1. The number of nitrogens with one attached hydrogen (secondary N) is 1. The van der Waals surface area contributed by atoms with E-state index in [1.54, 1.807) is 0 Å². The van der Waals surface area contributed by atoms with Gasteiger partial charge in [0, 0.05) is 32.2 Å². The molecule has 7 heteroatoms. The minimum Gasteiger partial charge on any atom is -0.423 e. The van der Waals surface area contributed by atoms with Crippen LogP contribution in [-0.2, 0) is 0 Å². The third-order valence-corrected chi connectivity index (χ3v) is 6.62. The van der Waals surface area contributed by atoms with Crippen molar-refractivity contribution in [2.24, 2.45) is 5.92 Å². The van der Waals surface area contributed by atoms with Crippen LogP contribution < -0.4 is 10.2 Å². The van der Waals surface area contributed by atoms with Crippen LogP contribution in [0.1, 0.15) is 29.6 Å². The first-order chi connectivity index (χ1) is 13.7. The fourth-order valence-electron chi connectivity index (χ4n) is 4.87. The maximum absolute atomic E-state index is 13.1. The Morgan fingerprint density at radius 2 is 2.00 bits per heavy atom.